The Morgan fingerprint density at radius 3 is 1.94 bits per heavy atom. The molecule has 0 unspecified atom stereocenters. The Hall–Kier alpha value is -1.75. The van der Waals surface area contributed by atoms with Crippen LogP contribution in [0.3, 0.4) is 0 Å². The Labute approximate surface area is 106 Å². The molecule has 2 aromatic rings. The van der Waals surface area contributed by atoms with Gasteiger partial charge in [0.1, 0.15) is 0 Å². The molecule has 0 bridgehead atoms. The van der Waals surface area contributed by atoms with E-state index >= 15 is 0 Å². The molecule has 0 aliphatic heterocycles. The number of hydrogen-bond donors (Lipinski definition) is 3. The number of hydrogen-bond acceptors (Lipinski definition) is 3. The second-order valence-electron chi connectivity index (χ2n) is 2.92. The predicted octanol–water partition coefficient (Wildman–Crippen LogP) is 1.84. The Bertz CT molecular complexity index is 384. The summed E-state index contributed by atoms with van der Waals surface area (Å²) >= 11 is 0. The van der Waals surface area contributed by atoms with Gasteiger partial charge in [0.15, 0.2) is 0 Å². The maximum Gasteiger partial charge on any atom is 0.329 e. The minimum Gasteiger partial charge on any atom is -0.351 e. The zero-order valence-electron chi connectivity index (χ0n) is 9.75. The molecular formula is C11H16N3O3P. The van der Waals surface area contributed by atoms with E-state index in [0.717, 1.165) is 0 Å². The fourth-order valence-corrected chi connectivity index (χ4v) is 1.03. The van der Waals surface area contributed by atoms with Crippen LogP contribution in [0.15, 0.2) is 62.0 Å². The standard InChI is InChI=1S/C5H5N.C3H4N2.C3H7O3P/c1-2-4-6-5-3-1;1-2-5-3-4-1;1-2-3-7(4,5)6/h1-5H;1-3H,(H,4,5);2H,1,3H2,(H2,4,5,6). The number of imidazole rings is 1. The van der Waals surface area contributed by atoms with Gasteiger partial charge in [0.25, 0.3) is 0 Å². The highest BCUT2D eigenvalue weighted by molar-refractivity contribution is 7.51. The number of nitrogens with zero attached hydrogens (tertiary/aromatic N) is 2. The highest BCUT2D eigenvalue weighted by Crippen LogP contribution is 2.33. The molecule has 0 amide bonds. The Morgan fingerprint density at radius 1 is 1.17 bits per heavy atom. The van der Waals surface area contributed by atoms with Crippen molar-refractivity contribution < 1.29 is 14.4 Å². The lowest BCUT2D eigenvalue weighted by molar-refractivity contribution is 0.377. The van der Waals surface area contributed by atoms with Crippen molar-refractivity contribution in [1.82, 2.24) is 15.0 Å². The van der Waals surface area contributed by atoms with Crippen molar-refractivity contribution in [2.75, 3.05) is 6.16 Å². The number of pyridine rings is 1. The lowest BCUT2D eigenvalue weighted by Crippen LogP contribution is -1.78. The van der Waals surface area contributed by atoms with Gasteiger partial charge in [0.2, 0.25) is 0 Å². The second kappa shape index (κ2) is 10.4. The first-order chi connectivity index (χ1) is 8.56. The molecule has 0 saturated heterocycles. The van der Waals surface area contributed by atoms with Gasteiger partial charge in [-0.25, -0.2) is 4.98 Å². The van der Waals surface area contributed by atoms with E-state index in [2.05, 4.69) is 21.5 Å². The minimum atomic E-state index is -3.78. The fourth-order valence-electron chi connectivity index (χ4n) is 0.696. The number of aromatic nitrogens is 3. The van der Waals surface area contributed by atoms with Crippen molar-refractivity contribution in [2.24, 2.45) is 0 Å². The molecule has 0 aliphatic carbocycles. The van der Waals surface area contributed by atoms with Crippen molar-refractivity contribution >= 4 is 7.60 Å². The van der Waals surface area contributed by atoms with Gasteiger partial charge in [-0.3, -0.25) is 9.55 Å². The molecule has 0 radical (unpaired) electrons. The van der Waals surface area contributed by atoms with Crippen molar-refractivity contribution in [2.45, 2.75) is 0 Å². The topological polar surface area (TPSA) is 99.1 Å². The maximum absolute atomic E-state index is 9.85. The van der Waals surface area contributed by atoms with Gasteiger partial charge < -0.3 is 14.8 Å². The molecule has 6 nitrogen and oxygen atoms in total. The van der Waals surface area contributed by atoms with Crippen LogP contribution in [0.4, 0.5) is 0 Å². The van der Waals surface area contributed by atoms with Crippen LogP contribution in [0.25, 0.3) is 0 Å². The average Bonchev–Trinajstić information content (AvgIpc) is 2.89. The largest absolute Gasteiger partial charge is 0.351 e. The van der Waals surface area contributed by atoms with Crippen LogP contribution in [0.2, 0.25) is 0 Å². The zero-order valence-corrected chi connectivity index (χ0v) is 10.6. The number of H-pyrrole nitrogens is 1. The molecule has 0 aliphatic rings. The maximum atomic E-state index is 9.85. The van der Waals surface area contributed by atoms with Crippen LogP contribution in [0.1, 0.15) is 0 Å². The molecule has 0 aromatic carbocycles. The first-order valence-electron chi connectivity index (χ1n) is 4.99. The van der Waals surface area contributed by atoms with Gasteiger partial charge in [-0.2, -0.15) is 0 Å². The van der Waals surface area contributed by atoms with Crippen molar-refractivity contribution in [3.63, 3.8) is 0 Å². The third-order valence-corrected chi connectivity index (χ3v) is 2.07. The average molecular weight is 269 g/mol. The summed E-state index contributed by atoms with van der Waals surface area (Å²) in [6.07, 6.45) is 9.55. The van der Waals surface area contributed by atoms with Gasteiger partial charge >= 0.3 is 7.60 Å². The highest BCUT2D eigenvalue weighted by atomic mass is 31.2. The highest BCUT2D eigenvalue weighted by Gasteiger charge is 2.06. The van der Waals surface area contributed by atoms with Gasteiger partial charge in [-0.15, -0.1) is 6.58 Å². The molecule has 2 heterocycles. The van der Waals surface area contributed by atoms with Gasteiger partial charge in [-0.1, -0.05) is 12.1 Å². The summed E-state index contributed by atoms with van der Waals surface area (Å²) < 4.78 is 9.85. The van der Waals surface area contributed by atoms with Crippen molar-refractivity contribution in [3.8, 4) is 0 Å². The third-order valence-electron chi connectivity index (χ3n) is 1.34. The molecule has 2 rings (SSSR count). The summed E-state index contributed by atoms with van der Waals surface area (Å²) in [5, 5.41) is 0. The van der Waals surface area contributed by atoms with Crippen molar-refractivity contribution in [1.29, 1.82) is 0 Å². The number of allylic oxidation sites excluding steroid dienone is 1. The first kappa shape index (κ1) is 16.2. The third kappa shape index (κ3) is 14.2. The minimum absolute atomic E-state index is 0.229. The molecule has 0 spiro atoms. The van der Waals surface area contributed by atoms with E-state index in [-0.39, 0.29) is 6.16 Å². The predicted molar refractivity (Wildman–Crippen MR) is 69.9 cm³/mol. The Balaban J connectivity index is 0.000000243. The number of aromatic amines is 1. The smallest absolute Gasteiger partial charge is 0.329 e. The van der Waals surface area contributed by atoms with E-state index in [0.29, 0.717) is 0 Å². The molecule has 98 valence electrons. The van der Waals surface area contributed by atoms with Crippen LogP contribution < -0.4 is 0 Å². The normalized spacial score (nSPS) is 9.22. The van der Waals surface area contributed by atoms with Crippen LogP contribution in [0.5, 0.6) is 0 Å². The molecule has 0 atom stereocenters. The van der Waals surface area contributed by atoms with E-state index in [1.54, 1.807) is 31.1 Å². The first-order valence-corrected chi connectivity index (χ1v) is 6.79. The Kier molecular flexibility index (Phi) is 9.40. The van der Waals surface area contributed by atoms with Gasteiger partial charge in [-0.05, 0) is 12.1 Å². The zero-order chi connectivity index (χ0) is 13.7. The molecule has 0 fully saturated rings. The van der Waals surface area contributed by atoms with Gasteiger partial charge in [0, 0.05) is 24.8 Å². The summed E-state index contributed by atoms with van der Waals surface area (Å²) in [5.41, 5.74) is 0. The van der Waals surface area contributed by atoms with Gasteiger partial charge in [0.05, 0.1) is 12.5 Å². The molecular weight excluding hydrogens is 253 g/mol. The summed E-state index contributed by atoms with van der Waals surface area (Å²) in [5.74, 6) is 0. The summed E-state index contributed by atoms with van der Waals surface area (Å²) in [6.45, 7) is 3.15. The van der Waals surface area contributed by atoms with E-state index in [9.17, 15) is 4.57 Å². The quantitative estimate of drug-likeness (QED) is 0.570. The molecule has 3 N–H and O–H groups in total. The summed E-state index contributed by atoms with van der Waals surface area (Å²) in [7, 11) is -3.78. The summed E-state index contributed by atoms with van der Waals surface area (Å²) in [6, 6.07) is 5.72. The SMILES string of the molecule is C=CCP(=O)(O)O.c1c[nH]cn1.c1ccncc1. The van der Waals surface area contributed by atoms with Crippen LogP contribution >= 0.6 is 7.60 Å². The van der Waals surface area contributed by atoms with E-state index in [4.69, 9.17) is 9.79 Å². The molecule has 2 aromatic heterocycles. The Morgan fingerprint density at radius 2 is 1.83 bits per heavy atom. The van der Waals surface area contributed by atoms with E-state index < -0.39 is 7.60 Å². The lowest BCUT2D eigenvalue weighted by Gasteiger charge is -1.94. The van der Waals surface area contributed by atoms with Crippen molar-refractivity contribution in [3.05, 3.63) is 62.0 Å². The molecule has 0 saturated carbocycles. The van der Waals surface area contributed by atoms with Crippen LogP contribution in [0, 0.1) is 0 Å². The van der Waals surface area contributed by atoms with Crippen LogP contribution in [-0.4, -0.2) is 30.9 Å². The molecule has 7 heteroatoms. The second-order valence-corrected chi connectivity index (χ2v) is 4.62. The fraction of sp³-hybridized carbons (Fsp3) is 0.0909. The van der Waals surface area contributed by atoms with E-state index in [1.807, 2.05) is 18.2 Å². The monoisotopic (exact) mass is 269 g/mol. The summed E-state index contributed by atoms with van der Waals surface area (Å²) in [4.78, 5) is 26.3. The van der Waals surface area contributed by atoms with Crippen LogP contribution in [-0.2, 0) is 4.57 Å². The lowest BCUT2D eigenvalue weighted by atomic mass is 10.5. The molecule has 18 heavy (non-hydrogen) atoms. The van der Waals surface area contributed by atoms with E-state index in [1.165, 1.54) is 6.08 Å². The number of rotatable bonds is 2. The number of nitrogens with one attached hydrogen (secondary N) is 1.